The maximum atomic E-state index is 5.58. The number of rotatable bonds is 6. The SMILES string of the molecule is CC(C)NCc1ccc(OCC2CC2)nc1. The second kappa shape index (κ2) is 5.30. The van der Waals surface area contributed by atoms with E-state index in [2.05, 4.69) is 30.2 Å². The lowest BCUT2D eigenvalue weighted by atomic mass is 10.2. The van der Waals surface area contributed by atoms with Crippen molar-refractivity contribution in [2.45, 2.75) is 39.3 Å². The van der Waals surface area contributed by atoms with Gasteiger partial charge in [-0.3, -0.25) is 0 Å². The van der Waals surface area contributed by atoms with Crippen LogP contribution in [-0.4, -0.2) is 17.6 Å². The molecular weight excluding hydrogens is 200 g/mol. The Bertz CT molecular complexity index is 292. The van der Waals surface area contributed by atoms with Crippen LogP contribution in [0.2, 0.25) is 0 Å². The summed E-state index contributed by atoms with van der Waals surface area (Å²) in [6.07, 6.45) is 4.52. The third kappa shape index (κ3) is 3.81. The van der Waals surface area contributed by atoms with Gasteiger partial charge in [0.25, 0.3) is 0 Å². The number of hydrogen-bond donors (Lipinski definition) is 1. The summed E-state index contributed by atoms with van der Waals surface area (Å²) in [4.78, 5) is 4.29. The first-order valence-corrected chi connectivity index (χ1v) is 6.05. The largest absolute Gasteiger partial charge is 0.477 e. The van der Waals surface area contributed by atoms with Gasteiger partial charge in [-0.25, -0.2) is 4.98 Å². The Hall–Kier alpha value is -1.09. The molecule has 1 aliphatic carbocycles. The van der Waals surface area contributed by atoms with Gasteiger partial charge in [-0.2, -0.15) is 0 Å². The first kappa shape index (κ1) is 11.4. The predicted molar refractivity (Wildman–Crippen MR) is 64.4 cm³/mol. The highest BCUT2D eigenvalue weighted by molar-refractivity contribution is 5.17. The second-order valence-corrected chi connectivity index (χ2v) is 4.79. The van der Waals surface area contributed by atoms with Gasteiger partial charge in [-0.1, -0.05) is 19.9 Å². The molecule has 1 heterocycles. The quantitative estimate of drug-likeness (QED) is 0.799. The molecule has 0 aliphatic heterocycles. The molecule has 1 N–H and O–H groups in total. The summed E-state index contributed by atoms with van der Waals surface area (Å²) >= 11 is 0. The van der Waals surface area contributed by atoms with Gasteiger partial charge >= 0.3 is 0 Å². The number of nitrogens with one attached hydrogen (secondary N) is 1. The zero-order valence-electron chi connectivity index (χ0n) is 10.1. The van der Waals surface area contributed by atoms with Gasteiger partial charge in [-0.15, -0.1) is 0 Å². The number of nitrogens with zero attached hydrogens (tertiary/aromatic N) is 1. The minimum Gasteiger partial charge on any atom is -0.477 e. The molecule has 3 nitrogen and oxygen atoms in total. The Labute approximate surface area is 97.2 Å². The Kier molecular flexibility index (Phi) is 3.78. The van der Waals surface area contributed by atoms with Crippen LogP contribution in [0.3, 0.4) is 0 Å². The second-order valence-electron chi connectivity index (χ2n) is 4.79. The fourth-order valence-corrected chi connectivity index (χ4v) is 1.41. The Morgan fingerprint density at radius 3 is 2.81 bits per heavy atom. The summed E-state index contributed by atoms with van der Waals surface area (Å²) in [7, 11) is 0. The van der Waals surface area contributed by atoms with Crippen molar-refractivity contribution in [3.05, 3.63) is 23.9 Å². The average molecular weight is 220 g/mol. The maximum absolute atomic E-state index is 5.58. The van der Waals surface area contributed by atoms with E-state index in [1.54, 1.807) is 0 Å². The van der Waals surface area contributed by atoms with Crippen LogP contribution in [-0.2, 0) is 6.54 Å². The Balaban J connectivity index is 1.78. The van der Waals surface area contributed by atoms with Gasteiger partial charge in [0.05, 0.1) is 6.61 Å². The molecule has 1 aromatic heterocycles. The number of hydrogen-bond acceptors (Lipinski definition) is 3. The number of ether oxygens (including phenoxy) is 1. The van der Waals surface area contributed by atoms with Crippen molar-refractivity contribution in [2.24, 2.45) is 5.92 Å². The number of pyridine rings is 1. The zero-order chi connectivity index (χ0) is 11.4. The predicted octanol–water partition coefficient (Wildman–Crippen LogP) is 2.37. The molecule has 0 amide bonds. The minimum atomic E-state index is 0.505. The van der Waals surface area contributed by atoms with E-state index in [1.165, 1.54) is 18.4 Å². The van der Waals surface area contributed by atoms with Crippen LogP contribution in [0, 0.1) is 5.92 Å². The lowest BCUT2D eigenvalue weighted by molar-refractivity contribution is 0.288. The van der Waals surface area contributed by atoms with Crippen LogP contribution in [0.15, 0.2) is 18.3 Å². The van der Waals surface area contributed by atoms with Gasteiger partial charge in [0.2, 0.25) is 5.88 Å². The third-order valence-corrected chi connectivity index (χ3v) is 2.68. The fourth-order valence-electron chi connectivity index (χ4n) is 1.41. The molecule has 1 aromatic rings. The lowest BCUT2D eigenvalue weighted by Crippen LogP contribution is -2.21. The molecule has 2 rings (SSSR count). The summed E-state index contributed by atoms with van der Waals surface area (Å²) in [6, 6.07) is 4.54. The molecule has 0 radical (unpaired) electrons. The molecule has 1 aliphatic rings. The first-order valence-electron chi connectivity index (χ1n) is 6.05. The zero-order valence-corrected chi connectivity index (χ0v) is 10.1. The molecule has 16 heavy (non-hydrogen) atoms. The van der Waals surface area contributed by atoms with Gasteiger partial charge in [0.15, 0.2) is 0 Å². The van der Waals surface area contributed by atoms with E-state index < -0.39 is 0 Å². The van der Waals surface area contributed by atoms with Gasteiger partial charge in [-0.05, 0) is 24.3 Å². The van der Waals surface area contributed by atoms with Crippen LogP contribution in [0.4, 0.5) is 0 Å². The topological polar surface area (TPSA) is 34.1 Å². The van der Waals surface area contributed by atoms with Crippen molar-refractivity contribution in [1.29, 1.82) is 0 Å². The molecule has 0 aromatic carbocycles. The van der Waals surface area contributed by atoms with Crippen molar-refractivity contribution >= 4 is 0 Å². The summed E-state index contributed by atoms with van der Waals surface area (Å²) < 4.78 is 5.58. The van der Waals surface area contributed by atoms with E-state index in [-0.39, 0.29) is 0 Å². The van der Waals surface area contributed by atoms with Crippen molar-refractivity contribution in [1.82, 2.24) is 10.3 Å². The van der Waals surface area contributed by atoms with Gasteiger partial charge < -0.3 is 10.1 Å². The van der Waals surface area contributed by atoms with E-state index in [0.717, 1.165) is 24.9 Å². The molecule has 0 bridgehead atoms. The van der Waals surface area contributed by atoms with Crippen molar-refractivity contribution < 1.29 is 4.74 Å². The Morgan fingerprint density at radius 2 is 2.25 bits per heavy atom. The van der Waals surface area contributed by atoms with Crippen LogP contribution in [0.5, 0.6) is 5.88 Å². The standard InChI is InChI=1S/C13H20N2O/c1-10(2)14-7-12-5-6-13(15-8-12)16-9-11-3-4-11/h5-6,8,10-11,14H,3-4,7,9H2,1-2H3. The van der Waals surface area contributed by atoms with E-state index in [9.17, 15) is 0 Å². The number of aromatic nitrogens is 1. The smallest absolute Gasteiger partial charge is 0.213 e. The molecule has 1 saturated carbocycles. The van der Waals surface area contributed by atoms with Crippen LogP contribution < -0.4 is 10.1 Å². The van der Waals surface area contributed by atoms with E-state index in [0.29, 0.717) is 6.04 Å². The van der Waals surface area contributed by atoms with E-state index in [1.807, 2.05) is 12.3 Å². The highest BCUT2D eigenvalue weighted by Crippen LogP contribution is 2.29. The molecule has 0 unspecified atom stereocenters. The molecule has 1 fully saturated rings. The van der Waals surface area contributed by atoms with Crippen molar-refractivity contribution in [2.75, 3.05) is 6.61 Å². The van der Waals surface area contributed by atoms with Gasteiger partial charge in [0.1, 0.15) is 0 Å². The van der Waals surface area contributed by atoms with Gasteiger partial charge in [0, 0.05) is 24.8 Å². The monoisotopic (exact) mass is 220 g/mol. The lowest BCUT2D eigenvalue weighted by Gasteiger charge is -2.08. The Morgan fingerprint density at radius 1 is 1.44 bits per heavy atom. The fraction of sp³-hybridized carbons (Fsp3) is 0.615. The normalized spacial score (nSPS) is 15.4. The van der Waals surface area contributed by atoms with Crippen LogP contribution in [0.25, 0.3) is 0 Å². The third-order valence-electron chi connectivity index (χ3n) is 2.68. The summed E-state index contributed by atoms with van der Waals surface area (Å²) in [6.45, 7) is 5.98. The summed E-state index contributed by atoms with van der Waals surface area (Å²) in [5.41, 5.74) is 1.20. The molecule has 0 saturated heterocycles. The maximum Gasteiger partial charge on any atom is 0.213 e. The molecule has 88 valence electrons. The van der Waals surface area contributed by atoms with Crippen molar-refractivity contribution in [3.63, 3.8) is 0 Å². The first-order chi connectivity index (χ1) is 7.74. The minimum absolute atomic E-state index is 0.505. The van der Waals surface area contributed by atoms with Crippen molar-refractivity contribution in [3.8, 4) is 5.88 Å². The highest BCUT2D eigenvalue weighted by atomic mass is 16.5. The molecule has 0 spiro atoms. The summed E-state index contributed by atoms with van der Waals surface area (Å²) in [5.74, 6) is 1.53. The molecular formula is C13H20N2O. The molecule has 0 atom stereocenters. The summed E-state index contributed by atoms with van der Waals surface area (Å²) in [5, 5.41) is 3.36. The molecule has 3 heteroatoms. The van der Waals surface area contributed by atoms with Crippen LogP contribution >= 0.6 is 0 Å². The highest BCUT2D eigenvalue weighted by Gasteiger charge is 2.21. The van der Waals surface area contributed by atoms with Crippen LogP contribution in [0.1, 0.15) is 32.3 Å². The van der Waals surface area contributed by atoms with E-state index in [4.69, 9.17) is 4.74 Å². The average Bonchev–Trinajstić information content (AvgIpc) is 3.09. The van der Waals surface area contributed by atoms with E-state index >= 15 is 0 Å².